The van der Waals surface area contributed by atoms with Crippen molar-refractivity contribution in [3.8, 4) is 12.3 Å². The molecule has 2 aliphatic heterocycles. The zero-order valence-electron chi connectivity index (χ0n) is 20.6. The standard InChI is InChI=1S/C23H44O5Si2/c1-11-17(24)21-19(27-29(12-2,13-3)14-4)15-18-20(26-21)16-25-30(28-18,22(5,6)7)23(8,9)10/h1,17-21,24H,12-16H2,2-10H3/t17-,18-,19+,20+,21-/m0/s1. The Bertz CT molecular complexity index is 592. The molecule has 0 saturated carbocycles. The first kappa shape index (κ1) is 26.0. The first-order valence-electron chi connectivity index (χ1n) is 11.6. The summed E-state index contributed by atoms with van der Waals surface area (Å²) in [5, 5.41) is 10.3. The number of aliphatic hydroxyl groups excluding tert-OH is 1. The fourth-order valence-electron chi connectivity index (χ4n) is 5.33. The van der Waals surface area contributed by atoms with E-state index in [-0.39, 0.29) is 28.4 Å². The summed E-state index contributed by atoms with van der Waals surface area (Å²) in [4.78, 5) is 0. The van der Waals surface area contributed by atoms with Gasteiger partial charge in [0.15, 0.2) is 8.32 Å². The van der Waals surface area contributed by atoms with E-state index in [9.17, 15) is 5.11 Å². The van der Waals surface area contributed by atoms with Crippen LogP contribution in [0.5, 0.6) is 0 Å². The van der Waals surface area contributed by atoms with Gasteiger partial charge in [0.25, 0.3) is 0 Å². The van der Waals surface area contributed by atoms with Gasteiger partial charge in [-0.3, -0.25) is 0 Å². The second kappa shape index (κ2) is 9.34. The zero-order chi connectivity index (χ0) is 23.0. The molecule has 7 heteroatoms. The van der Waals surface area contributed by atoms with Gasteiger partial charge in [-0.15, -0.1) is 6.42 Å². The molecule has 0 bridgehead atoms. The van der Waals surface area contributed by atoms with Crippen molar-refractivity contribution in [2.45, 2.75) is 127 Å². The summed E-state index contributed by atoms with van der Waals surface area (Å²) >= 11 is 0. The van der Waals surface area contributed by atoms with Gasteiger partial charge >= 0.3 is 8.56 Å². The third-order valence-corrected chi connectivity index (χ3v) is 17.0. The predicted octanol–water partition coefficient (Wildman–Crippen LogP) is 4.99. The summed E-state index contributed by atoms with van der Waals surface area (Å²) < 4.78 is 26.6. The minimum Gasteiger partial charge on any atom is -0.411 e. The number of hydrogen-bond donors (Lipinski definition) is 1. The van der Waals surface area contributed by atoms with Crippen molar-refractivity contribution in [3.63, 3.8) is 0 Å². The first-order valence-corrected chi connectivity index (χ1v) is 15.9. The van der Waals surface area contributed by atoms with E-state index in [1.165, 1.54) is 0 Å². The fraction of sp³-hybridized carbons (Fsp3) is 0.913. The normalized spacial score (nSPS) is 31.0. The molecule has 0 aromatic rings. The summed E-state index contributed by atoms with van der Waals surface area (Å²) in [6.07, 6.45) is 4.13. The van der Waals surface area contributed by atoms with E-state index in [1.54, 1.807) is 0 Å². The Kier molecular flexibility index (Phi) is 8.11. The lowest BCUT2D eigenvalue weighted by atomic mass is 9.95. The second-order valence-corrected chi connectivity index (χ2v) is 20.5. The molecule has 0 amide bonds. The average molecular weight is 457 g/mol. The Balaban J connectivity index is 2.36. The largest absolute Gasteiger partial charge is 0.411 e. The SMILES string of the molecule is C#C[C@H](O)[C@@H]1O[C@@H]2CO[Si](C(C)(C)C)(C(C)(C)C)O[C@H]2C[C@H]1O[Si](CC)(CC)CC. The lowest BCUT2D eigenvalue weighted by molar-refractivity contribution is -0.211. The quantitative estimate of drug-likeness (QED) is 0.451. The Morgan fingerprint density at radius 2 is 1.60 bits per heavy atom. The predicted molar refractivity (Wildman–Crippen MR) is 126 cm³/mol. The molecule has 2 fully saturated rings. The molecule has 0 aromatic heterocycles. The van der Waals surface area contributed by atoms with Gasteiger partial charge in [-0.2, -0.15) is 0 Å². The van der Waals surface area contributed by atoms with E-state index >= 15 is 0 Å². The molecule has 0 spiro atoms. The van der Waals surface area contributed by atoms with Crippen LogP contribution in [-0.4, -0.2) is 59.1 Å². The van der Waals surface area contributed by atoms with Crippen molar-refractivity contribution >= 4 is 16.9 Å². The van der Waals surface area contributed by atoms with Crippen LogP contribution in [-0.2, 0) is 18.0 Å². The molecule has 5 nitrogen and oxygen atoms in total. The van der Waals surface area contributed by atoms with Gasteiger partial charge in [0.1, 0.15) is 18.3 Å². The van der Waals surface area contributed by atoms with Gasteiger partial charge in [-0.1, -0.05) is 68.2 Å². The molecule has 0 radical (unpaired) electrons. The van der Waals surface area contributed by atoms with E-state index in [0.717, 1.165) is 18.1 Å². The van der Waals surface area contributed by atoms with Gasteiger partial charge in [-0.05, 0) is 18.1 Å². The summed E-state index contributed by atoms with van der Waals surface area (Å²) in [6.45, 7) is 20.4. The molecule has 0 aliphatic carbocycles. The van der Waals surface area contributed by atoms with Gasteiger partial charge in [0, 0.05) is 16.5 Å². The molecule has 0 aromatic carbocycles. The molecule has 1 N–H and O–H groups in total. The van der Waals surface area contributed by atoms with Crippen LogP contribution >= 0.6 is 0 Å². The molecule has 30 heavy (non-hydrogen) atoms. The van der Waals surface area contributed by atoms with Crippen molar-refractivity contribution < 1.29 is 23.1 Å². The van der Waals surface area contributed by atoms with Crippen molar-refractivity contribution in [1.29, 1.82) is 0 Å². The molecule has 2 saturated heterocycles. The van der Waals surface area contributed by atoms with Crippen molar-refractivity contribution in [3.05, 3.63) is 0 Å². The highest BCUT2D eigenvalue weighted by Gasteiger charge is 2.63. The van der Waals surface area contributed by atoms with Crippen molar-refractivity contribution in [1.82, 2.24) is 0 Å². The highest BCUT2D eigenvalue weighted by molar-refractivity contribution is 6.74. The molecule has 174 valence electrons. The molecule has 2 aliphatic rings. The minimum atomic E-state index is -2.59. The number of terminal acetylenes is 1. The van der Waals surface area contributed by atoms with E-state index in [2.05, 4.69) is 68.2 Å². The first-order chi connectivity index (χ1) is 13.8. The van der Waals surface area contributed by atoms with E-state index in [1.807, 2.05) is 0 Å². The van der Waals surface area contributed by atoms with Gasteiger partial charge in [-0.25, -0.2) is 0 Å². The average Bonchev–Trinajstić information content (AvgIpc) is 2.68. The second-order valence-electron chi connectivity index (χ2n) is 11.0. The Morgan fingerprint density at radius 1 is 1.07 bits per heavy atom. The van der Waals surface area contributed by atoms with Crippen LogP contribution in [0.1, 0.15) is 68.7 Å². The number of ether oxygens (including phenoxy) is 1. The maximum Gasteiger partial charge on any atom is 0.349 e. The van der Waals surface area contributed by atoms with Crippen LogP contribution in [0.2, 0.25) is 28.2 Å². The van der Waals surface area contributed by atoms with Gasteiger partial charge in [0.2, 0.25) is 0 Å². The molecular formula is C23H44O5Si2. The summed E-state index contributed by atoms with van der Waals surface area (Å²) in [5.41, 5.74) is 0. The lowest BCUT2D eigenvalue weighted by Crippen LogP contribution is -2.68. The fourth-order valence-corrected chi connectivity index (χ4v) is 13.2. The van der Waals surface area contributed by atoms with Crippen LogP contribution in [0.15, 0.2) is 0 Å². The highest BCUT2D eigenvalue weighted by Crippen LogP contribution is 2.55. The molecule has 2 heterocycles. The van der Waals surface area contributed by atoms with Crippen molar-refractivity contribution in [2.75, 3.05) is 6.61 Å². The number of aliphatic hydroxyl groups is 1. The van der Waals surface area contributed by atoms with Crippen LogP contribution < -0.4 is 0 Å². The van der Waals surface area contributed by atoms with Crippen molar-refractivity contribution in [2.24, 2.45) is 0 Å². The Morgan fingerprint density at radius 3 is 2.03 bits per heavy atom. The van der Waals surface area contributed by atoms with Gasteiger partial charge in [0.05, 0.1) is 18.8 Å². The smallest absolute Gasteiger partial charge is 0.349 e. The Labute approximate surface area is 186 Å². The number of hydrogen-bond acceptors (Lipinski definition) is 5. The van der Waals surface area contributed by atoms with Gasteiger partial charge < -0.3 is 23.1 Å². The molecular weight excluding hydrogens is 412 g/mol. The number of rotatable bonds is 6. The third-order valence-electron chi connectivity index (χ3n) is 7.14. The number of fused-ring (bicyclic) bond motifs is 1. The third kappa shape index (κ3) is 4.75. The molecule has 2 rings (SSSR count). The summed E-state index contributed by atoms with van der Waals surface area (Å²) in [5.74, 6) is 2.46. The minimum absolute atomic E-state index is 0.0868. The molecule has 0 unspecified atom stereocenters. The van der Waals surface area contributed by atoms with Crippen LogP contribution in [0.25, 0.3) is 0 Å². The van der Waals surface area contributed by atoms with Crippen LogP contribution in [0.3, 0.4) is 0 Å². The summed E-state index contributed by atoms with van der Waals surface area (Å²) in [7, 11) is -4.50. The monoisotopic (exact) mass is 456 g/mol. The topological polar surface area (TPSA) is 57.2 Å². The van der Waals surface area contributed by atoms with E-state index < -0.39 is 29.1 Å². The lowest BCUT2D eigenvalue weighted by Gasteiger charge is -2.57. The highest BCUT2D eigenvalue weighted by atomic mass is 28.4. The molecule has 5 atom stereocenters. The van der Waals surface area contributed by atoms with Crippen LogP contribution in [0.4, 0.5) is 0 Å². The van der Waals surface area contributed by atoms with E-state index in [0.29, 0.717) is 13.0 Å². The maximum atomic E-state index is 10.5. The maximum absolute atomic E-state index is 10.5. The van der Waals surface area contributed by atoms with Crippen LogP contribution in [0, 0.1) is 12.3 Å². The Hall–Kier alpha value is -0.206. The summed E-state index contributed by atoms with van der Waals surface area (Å²) in [6, 6.07) is 3.11. The zero-order valence-corrected chi connectivity index (χ0v) is 22.6. The van der Waals surface area contributed by atoms with E-state index in [4.69, 9.17) is 24.4 Å².